The van der Waals surface area contributed by atoms with E-state index in [4.69, 9.17) is 0 Å². The Balaban J connectivity index is 1.91. The predicted octanol–water partition coefficient (Wildman–Crippen LogP) is 0.582. The van der Waals surface area contributed by atoms with Crippen LogP contribution in [0.3, 0.4) is 0 Å². The van der Waals surface area contributed by atoms with Crippen LogP contribution in [0.4, 0.5) is 5.95 Å². The van der Waals surface area contributed by atoms with Crippen molar-refractivity contribution in [3.8, 4) is 0 Å². The van der Waals surface area contributed by atoms with Gasteiger partial charge in [-0.3, -0.25) is 19.2 Å². The second-order valence-corrected chi connectivity index (χ2v) is 6.99. The molecular formula is C15H14N6O4S2. The second-order valence-electron chi connectivity index (χ2n) is 5.16. The summed E-state index contributed by atoms with van der Waals surface area (Å²) in [6, 6.07) is 0. The minimum atomic E-state index is -0.488. The molecule has 12 heteroatoms. The van der Waals surface area contributed by atoms with Crippen molar-refractivity contribution in [2.75, 3.05) is 18.0 Å². The Morgan fingerprint density at radius 2 is 1.11 bits per heavy atom. The lowest BCUT2D eigenvalue weighted by Gasteiger charge is -2.20. The third kappa shape index (κ3) is 4.01. The molecule has 1 aromatic rings. The molecule has 3 rings (SSSR count). The molecule has 4 amide bonds. The minimum absolute atomic E-state index is 0.104. The molecule has 0 bridgehead atoms. The van der Waals surface area contributed by atoms with Gasteiger partial charge in [-0.25, -0.2) is 8.61 Å². The van der Waals surface area contributed by atoms with E-state index in [9.17, 15) is 19.2 Å². The average Bonchev–Trinajstić information content (AvgIpc) is 3.13. The highest BCUT2D eigenvalue weighted by atomic mass is 32.2. The molecule has 0 saturated carbocycles. The van der Waals surface area contributed by atoms with Gasteiger partial charge in [0.1, 0.15) is 0 Å². The molecule has 3 heterocycles. The molecule has 2 aliphatic rings. The summed E-state index contributed by atoms with van der Waals surface area (Å²) in [7, 11) is 0. The molecule has 1 aromatic heterocycles. The van der Waals surface area contributed by atoms with Crippen LogP contribution < -0.4 is 4.90 Å². The van der Waals surface area contributed by atoms with E-state index in [1.807, 2.05) is 18.7 Å². The minimum Gasteiger partial charge on any atom is -0.341 e. The van der Waals surface area contributed by atoms with Crippen molar-refractivity contribution < 1.29 is 19.2 Å². The number of anilines is 1. The van der Waals surface area contributed by atoms with Crippen molar-refractivity contribution in [1.82, 2.24) is 23.6 Å². The Morgan fingerprint density at radius 3 is 1.44 bits per heavy atom. The first-order valence-corrected chi connectivity index (χ1v) is 9.46. The van der Waals surface area contributed by atoms with E-state index in [0.29, 0.717) is 19.0 Å². The second kappa shape index (κ2) is 7.88. The number of rotatable bonds is 7. The van der Waals surface area contributed by atoms with Crippen LogP contribution in [0.15, 0.2) is 34.6 Å². The van der Waals surface area contributed by atoms with Gasteiger partial charge >= 0.3 is 0 Å². The third-order valence-electron chi connectivity index (χ3n) is 3.51. The summed E-state index contributed by atoms with van der Waals surface area (Å²) >= 11 is 1.52. The molecule has 0 unspecified atom stereocenters. The summed E-state index contributed by atoms with van der Waals surface area (Å²) in [5.41, 5.74) is 0. The van der Waals surface area contributed by atoms with Crippen molar-refractivity contribution in [3.63, 3.8) is 0 Å². The molecule has 0 N–H and O–H groups in total. The number of imide groups is 2. The van der Waals surface area contributed by atoms with Gasteiger partial charge < -0.3 is 4.90 Å². The lowest BCUT2D eigenvalue weighted by Crippen LogP contribution is -2.27. The maximum absolute atomic E-state index is 11.8. The Hall–Kier alpha value is -2.73. The summed E-state index contributed by atoms with van der Waals surface area (Å²) < 4.78 is 1.84. The van der Waals surface area contributed by atoms with Gasteiger partial charge in [-0.1, -0.05) is 0 Å². The quantitative estimate of drug-likeness (QED) is 0.470. The van der Waals surface area contributed by atoms with E-state index in [1.54, 1.807) is 0 Å². The summed E-state index contributed by atoms with van der Waals surface area (Å²) in [5, 5.41) is 0.207. The van der Waals surface area contributed by atoms with Crippen molar-refractivity contribution >= 4 is 53.5 Å². The highest BCUT2D eigenvalue weighted by Gasteiger charge is 2.29. The van der Waals surface area contributed by atoms with Gasteiger partial charge in [0.15, 0.2) is 0 Å². The molecular weight excluding hydrogens is 392 g/mol. The van der Waals surface area contributed by atoms with Gasteiger partial charge in [0.05, 0.1) is 0 Å². The zero-order valence-electron chi connectivity index (χ0n) is 14.4. The molecule has 10 nitrogen and oxygen atoms in total. The summed E-state index contributed by atoms with van der Waals surface area (Å²) in [6.07, 6.45) is 4.63. The molecule has 0 spiro atoms. The summed E-state index contributed by atoms with van der Waals surface area (Å²) in [6.45, 7) is 5.06. The lowest BCUT2D eigenvalue weighted by atomic mass is 10.5. The molecule has 140 valence electrons. The largest absolute Gasteiger partial charge is 0.341 e. The number of aromatic nitrogens is 3. The zero-order valence-corrected chi connectivity index (χ0v) is 16.0. The SMILES string of the molecule is CCN(CC)c1nc(SN2C(=O)C=CC2=O)nc(SN2C(=O)C=CC2=O)n1. The van der Waals surface area contributed by atoms with Crippen LogP contribution in [-0.4, -0.2) is 60.3 Å². The zero-order chi connectivity index (χ0) is 19.6. The molecule has 0 saturated heterocycles. The monoisotopic (exact) mass is 406 g/mol. The van der Waals surface area contributed by atoms with Crippen molar-refractivity contribution in [2.24, 2.45) is 0 Å². The molecule has 0 aliphatic carbocycles. The number of hydrogen-bond donors (Lipinski definition) is 0. The number of carbonyl (C=O) groups is 4. The molecule has 0 radical (unpaired) electrons. The first-order chi connectivity index (χ1) is 12.9. The molecule has 2 aliphatic heterocycles. The number of carbonyl (C=O) groups excluding carboxylic acids is 4. The van der Waals surface area contributed by atoms with Crippen LogP contribution in [0.1, 0.15) is 13.8 Å². The molecule has 0 fully saturated rings. The van der Waals surface area contributed by atoms with Crippen LogP contribution in [0.2, 0.25) is 0 Å². The van der Waals surface area contributed by atoms with Gasteiger partial charge in [-0.15, -0.1) is 0 Å². The van der Waals surface area contributed by atoms with E-state index in [0.717, 1.165) is 56.8 Å². The van der Waals surface area contributed by atoms with E-state index < -0.39 is 23.6 Å². The van der Waals surface area contributed by atoms with Crippen LogP contribution in [0, 0.1) is 0 Å². The normalized spacial score (nSPS) is 16.2. The first-order valence-electron chi connectivity index (χ1n) is 7.92. The first kappa shape index (κ1) is 19.0. The van der Waals surface area contributed by atoms with Crippen molar-refractivity contribution in [1.29, 1.82) is 0 Å². The van der Waals surface area contributed by atoms with Gasteiger partial charge in [-0.2, -0.15) is 15.0 Å². The fourth-order valence-electron chi connectivity index (χ4n) is 2.17. The van der Waals surface area contributed by atoms with Gasteiger partial charge in [0, 0.05) is 61.3 Å². The Kier molecular flexibility index (Phi) is 5.56. The number of amides is 4. The predicted molar refractivity (Wildman–Crippen MR) is 97.1 cm³/mol. The Bertz CT molecular complexity index is 785. The van der Waals surface area contributed by atoms with Crippen LogP contribution >= 0.6 is 23.9 Å². The van der Waals surface area contributed by atoms with Crippen LogP contribution in [0.25, 0.3) is 0 Å². The number of hydrogen-bond acceptors (Lipinski definition) is 10. The van der Waals surface area contributed by atoms with E-state index >= 15 is 0 Å². The standard InChI is InChI=1S/C15H14N6O4S2/c1-3-19(4-2)13-16-14(26-20-9(22)5-6-10(20)23)18-15(17-13)27-21-11(24)7-8-12(21)25/h5-8H,3-4H2,1-2H3. The van der Waals surface area contributed by atoms with E-state index in [2.05, 4.69) is 15.0 Å². The fraction of sp³-hybridized carbons (Fsp3) is 0.267. The van der Waals surface area contributed by atoms with E-state index in [-0.39, 0.29) is 10.3 Å². The Morgan fingerprint density at radius 1 is 0.741 bits per heavy atom. The topological polar surface area (TPSA) is 117 Å². The van der Waals surface area contributed by atoms with Gasteiger partial charge in [0.2, 0.25) is 16.3 Å². The smallest absolute Gasteiger partial charge is 0.264 e. The summed E-state index contributed by atoms with van der Waals surface area (Å²) in [5.74, 6) is -1.63. The van der Waals surface area contributed by atoms with E-state index in [1.165, 1.54) is 0 Å². The average molecular weight is 406 g/mol. The highest BCUT2D eigenvalue weighted by Crippen LogP contribution is 2.29. The lowest BCUT2D eigenvalue weighted by molar-refractivity contribution is -0.132. The fourth-order valence-corrected chi connectivity index (χ4v) is 3.66. The van der Waals surface area contributed by atoms with Crippen LogP contribution in [-0.2, 0) is 19.2 Å². The third-order valence-corrected chi connectivity index (χ3v) is 5.29. The summed E-state index contributed by atoms with van der Waals surface area (Å²) in [4.78, 5) is 61.7. The maximum atomic E-state index is 11.8. The van der Waals surface area contributed by atoms with Crippen molar-refractivity contribution in [2.45, 2.75) is 24.2 Å². The van der Waals surface area contributed by atoms with Crippen LogP contribution in [0.5, 0.6) is 0 Å². The maximum Gasteiger partial charge on any atom is 0.264 e. The van der Waals surface area contributed by atoms with Crippen molar-refractivity contribution in [3.05, 3.63) is 24.3 Å². The molecule has 0 aromatic carbocycles. The molecule has 27 heavy (non-hydrogen) atoms. The van der Waals surface area contributed by atoms with Gasteiger partial charge in [-0.05, 0) is 13.8 Å². The Labute approximate surface area is 163 Å². The highest BCUT2D eigenvalue weighted by molar-refractivity contribution is 7.98. The molecule has 0 atom stereocenters. The van der Waals surface area contributed by atoms with Gasteiger partial charge in [0.25, 0.3) is 23.6 Å². The number of nitrogens with zero attached hydrogens (tertiary/aromatic N) is 6.